The van der Waals surface area contributed by atoms with Crippen molar-refractivity contribution >= 4 is 17.8 Å². The number of imide groups is 1. The van der Waals surface area contributed by atoms with E-state index in [1.54, 1.807) is 6.20 Å². The van der Waals surface area contributed by atoms with Crippen LogP contribution in [0, 0.1) is 0 Å². The molecule has 0 saturated carbocycles. The van der Waals surface area contributed by atoms with Crippen LogP contribution in [0.3, 0.4) is 0 Å². The fraction of sp³-hybridized carbons (Fsp3) is 0.529. The molecule has 1 atom stereocenters. The lowest BCUT2D eigenvalue weighted by atomic mass is 10.1. The zero-order valence-corrected chi connectivity index (χ0v) is 13.8. The first-order valence-corrected chi connectivity index (χ1v) is 8.43. The number of pyridine rings is 1. The number of hydrogen-bond donors (Lipinski definition) is 2. The van der Waals surface area contributed by atoms with Crippen molar-refractivity contribution in [3.05, 3.63) is 29.1 Å². The Morgan fingerprint density at radius 3 is 3.04 bits per heavy atom. The maximum absolute atomic E-state index is 12.1. The van der Waals surface area contributed by atoms with E-state index in [0.717, 1.165) is 30.5 Å². The van der Waals surface area contributed by atoms with Gasteiger partial charge in [0.05, 0.1) is 6.42 Å². The van der Waals surface area contributed by atoms with E-state index in [-0.39, 0.29) is 18.2 Å². The van der Waals surface area contributed by atoms with Crippen LogP contribution in [-0.2, 0) is 29.0 Å². The van der Waals surface area contributed by atoms with Crippen LogP contribution in [0.5, 0.6) is 0 Å². The standard InChI is InChI=1S/C17H22N4O3/c1-2-6-21-16(23)14(20-17(21)24)8-15(22)19-10-11-7-12-4-3-5-13(12)18-9-11/h7,9,14H,2-6,8,10H2,1H3,(H,19,22)(H,20,24)/t14-/m1/s1. The van der Waals surface area contributed by atoms with Crippen LogP contribution in [0.15, 0.2) is 12.3 Å². The lowest BCUT2D eigenvalue weighted by molar-refractivity contribution is -0.130. The molecule has 128 valence electrons. The SMILES string of the molecule is CCCN1C(=O)N[C@H](CC(=O)NCc2cnc3c(c2)CCC3)C1=O. The lowest BCUT2D eigenvalue weighted by Crippen LogP contribution is -2.36. The van der Waals surface area contributed by atoms with E-state index in [4.69, 9.17) is 0 Å². The second kappa shape index (κ2) is 6.98. The monoisotopic (exact) mass is 330 g/mol. The fourth-order valence-corrected chi connectivity index (χ4v) is 3.18. The quantitative estimate of drug-likeness (QED) is 0.758. The van der Waals surface area contributed by atoms with Gasteiger partial charge >= 0.3 is 6.03 Å². The van der Waals surface area contributed by atoms with Gasteiger partial charge in [-0.25, -0.2) is 4.79 Å². The summed E-state index contributed by atoms with van der Waals surface area (Å²) in [5, 5.41) is 5.36. The molecule has 0 bridgehead atoms. The van der Waals surface area contributed by atoms with Crippen molar-refractivity contribution in [1.29, 1.82) is 0 Å². The minimum absolute atomic E-state index is 0.0385. The average Bonchev–Trinajstić information content (AvgIpc) is 3.13. The summed E-state index contributed by atoms with van der Waals surface area (Å²) >= 11 is 0. The van der Waals surface area contributed by atoms with E-state index in [0.29, 0.717) is 19.5 Å². The van der Waals surface area contributed by atoms with Gasteiger partial charge in [-0.15, -0.1) is 0 Å². The van der Waals surface area contributed by atoms with Gasteiger partial charge in [-0.05, 0) is 36.8 Å². The van der Waals surface area contributed by atoms with E-state index in [9.17, 15) is 14.4 Å². The highest BCUT2D eigenvalue weighted by Crippen LogP contribution is 2.20. The largest absolute Gasteiger partial charge is 0.352 e. The Kier molecular flexibility index (Phi) is 4.78. The molecule has 24 heavy (non-hydrogen) atoms. The highest BCUT2D eigenvalue weighted by Gasteiger charge is 2.38. The van der Waals surface area contributed by atoms with Crippen LogP contribution < -0.4 is 10.6 Å². The van der Waals surface area contributed by atoms with Crippen LogP contribution in [0.2, 0.25) is 0 Å². The second-order valence-electron chi connectivity index (χ2n) is 6.28. The molecule has 0 radical (unpaired) electrons. The Balaban J connectivity index is 1.51. The number of hydrogen-bond acceptors (Lipinski definition) is 4. The molecule has 4 amide bonds. The van der Waals surface area contributed by atoms with E-state index in [1.165, 1.54) is 10.5 Å². The number of fused-ring (bicyclic) bond motifs is 1. The minimum atomic E-state index is -0.762. The lowest BCUT2D eigenvalue weighted by Gasteiger charge is -2.11. The van der Waals surface area contributed by atoms with Gasteiger partial charge in [0.1, 0.15) is 6.04 Å². The summed E-state index contributed by atoms with van der Waals surface area (Å²) in [7, 11) is 0. The summed E-state index contributed by atoms with van der Waals surface area (Å²) in [4.78, 5) is 41.5. The normalized spacial score (nSPS) is 19.4. The molecule has 1 aliphatic carbocycles. The molecule has 1 fully saturated rings. The molecule has 1 aromatic heterocycles. The molecule has 0 unspecified atom stereocenters. The summed E-state index contributed by atoms with van der Waals surface area (Å²) in [6, 6.07) is 0.908. The zero-order chi connectivity index (χ0) is 17.1. The molecule has 7 nitrogen and oxygen atoms in total. The van der Waals surface area contributed by atoms with Crippen molar-refractivity contribution in [3.63, 3.8) is 0 Å². The third-order valence-electron chi connectivity index (χ3n) is 4.41. The van der Waals surface area contributed by atoms with Crippen LogP contribution >= 0.6 is 0 Å². The number of amides is 4. The number of aromatic nitrogens is 1. The van der Waals surface area contributed by atoms with Crippen molar-refractivity contribution in [2.75, 3.05) is 6.54 Å². The van der Waals surface area contributed by atoms with Gasteiger partial charge in [0.25, 0.3) is 5.91 Å². The summed E-state index contributed by atoms with van der Waals surface area (Å²) in [6.07, 6.45) is 5.65. The molecular formula is C17H22N4O3. The number of nitrogens with one attached hydrogen (secondary N) is 2. The second-order valence-corrected chi connectivity index (χ2v) is 6.28. The summed E-state index contributed by atoms with van der Waals surface area (Å²) in [5.74, 6) is -0.580. The van der Waals surface area contributed by atoms with Crippen LogP contribution in [0.4, 0.5) is 4.79 Å². The van der Waals surface area contributed by atoms with Crippen molar-refractivity contribution in [1.82, 2.24) is 20.5 Å². The Bertz CT molecular complexity index is 674. The number of aryl methyl sites for hydroxylation is 2. The van der Waals surface area contributed by atoms with Gasteiger partial charge in [-0.1, -0.05) is 13.0 Å². The number of carbonyl (C=O) groups excluding carboxylic acids is 3. The molecule has 0 aromatic carbocycles. The van der Waals surface area contributed by atoms with Crippen LogP contribution in [-0.4, -0.2) is 40.3 Å². The molecule has 2 heterocycles. The van der Waals surface area contributed by atoms with Gasteiger partial charge in [-0.3, -0.25) is 19.5 Å². The van der Waals surface area contributed by atoms with E-state index >= 15 is 0 Å². The molecule has 1 saturated heterocycles. The minimum Gasteiger partial charge on any atom is -0.352 e. The number of urea groups is 1. The Labute approximate surface area is 140 Å². The predicted octanol–water partition coefficient (Wildman–Crippen LogP) is 0.907. The maximum atomic E-state index is 12.1. The van der Waals surface area contributed by atoms with Gasteiger partial charge in [0, 0.05) is 25.0 Å². The molecule has 0 spiro atoms. The summed E-state index contributed by atoms with van der Waals surface area (Å²) in [5.41, 5.74) is 3.37. The first-order valence-electron chi connectivity index (χ1n) is 8.43. The molecule has 7 heteroatoms. The predicted molar refractivity (Wildman–Crippen MR) is 87.0 cm³/mol. The molecule has 1 aromatic rings. The van der Waals surface area contributed by atoms with Gasteiger partial charge < -0.3 is 10.6 Å². The first kappa shape index (κ1) is 16.4. The molecule has 2 N–H and O–H groups in total. The van der Waals surface area contributed by atoms with Crippen molar-refractivity contribution in [2.45, 2.75) is 51.6 Å². The number of nitrogens with zero attached hydrogens (tertiary/aromatic N) is 2. The zero-order valence-electron chi connectivity index (χ0n) is 13.8. The molecular weight excluding hydrogens is 308 g/mol. The van der Waals surface area contributed by atoms with E-state index < -0.39 is 12.1 Å². The van der Waals surface area contributed by atoms with Crippen molar-refractivity contribution < 1.29 is 14.4 Å². The van der Waals surface area contributed by atoms with Crippen molar-refractivity contribution in [3.8, 4) is 0 Å². The van der Waals surface area contributed by atoms with Gasteiger partial charge in [0.15, 0.2) is 0 Å². The fourth-order valence-electron chi connectivity index (χ4n) is 3.18. The highest BCUT2D eigenvalue weighted by atomic mass is 16.2. The number of rotatable bonds is 6. The Hall–Kier alpha value is -2.44. The average molecular weight is 330 g/mol. The van der Waals surface area contributed by atoms with Crippen molar-refractivity contribution in [2.24, 2.45) is 0 Å². The van der Waals surface area contributed by atoms with Crippen LogP contribution in [0.25, 0.3) is 0 Å². The topological polar surface area (TPSA) is 91.4 Å². The van der Waals surface area contributed by atoms with Gasteiger partial charge in [0.2, 0.25) is 5.91 Å². The molecule has 2 aliphatic rings. The van der Waals surface area contributed by atoms with Gasteiger partial charge in [-0.2, -0.15) is 0 Å². The third-order valence-corrected chi connectivity index (χ3v) is 4.41. The smallest absolute Gasteiger partial charge is 0.324 e. The highest BCUT2D eigenvalue weighted by molar-refractivity contribution is 6.05. The van der Waals surface area contributed by atoms with E-state index in [1.807, 2.05) is 6.92 Å². The summed E-state index contributed by atoms with van der Waals surface area (Å²) < 4.78 is 0. The molecule has 3 rings (SSSR count). The Morgan fingerprint density at radius 1 is 1.42 bits per heavy atom. The third kappa shape index (κ3) is 3.39. The van der Waals surface area contributed by atoms with E-state index in [2.05, 4.69) is 21.7 Å². The first-order chi connectivity index (χ1) is 11.6. The molecule has 1 aliphatic heterocycles. The number of carbonyl (C=O) groups is 3. The summed E-state index contributed by atoms with van der Waals surface area (Å²) in [6.45, 7) is 2.65. The van der Waals surface area contributed by atoms with Crippen LogP contribution in [0.1, 0.15) is 43.0 Å². The maximum Gasteiger partial charge on any atom is 0.324 e. The Morgan fingerprint density at radius 2 is 2.25 bits per heavy atom.